The van der Waals surface area contributed by atoms with E-state index in [1.165, 1.54) is 6.07 Å². The van der Waals surface area contributed by atoms with Crippen molar-refractivity contribution in [2.24, 2.45) is 5.92 Å². The number of alkyl halides is 6. The van der Waals surface area contributed by atoms with Gasteiger partial charge in [0, 0.05) is 31.3 Å². The summed E-state index contributed by atoms with van der Waals surface area (Å²) >= 11 is 0. The van der Waals surface area contributed by atoms with E-state index in [1.807, 2.05) is 0 Å². The van der Waals surface area contributed by atoms with Crippen molar-refractivity contribution >= 4 is 5.97 Å². The lowest BCUT2D eigenvalue weighted by Crippen LogP contribution is -2.45. The number of pyridine rings is 1. The minimum atomic E-state index is -5.08. The molecule has 1 aromatic heterocycles. The van der Waals surface area contributed by atoms with Crippen molar-refractivity contribution in [3.05, 3.63) is 23.9 Å². The van der Waals surface area contributed by atoms with E-state index >= 15 is 0 Å². The van der Waals surface area contributed by atoms with Crippen LogP contribution in [0.2, 0.25) is 0 Å². The summed E-state index contributed by atoms with van der Waals surface area (Å²) in [6, 6.07) is 2.22. The Morgan fingerprint density at radius 1 is 1.26 bits per heavy atom. The van der Waals surface area contributed by atoms with E-state index in [4.69, 9.17) is 14.6 Å². The van der Waals surface area contributed by atoms with E-state index in [-0.39, 0.29) is 5.88 Å². The Labute approximate surface area is 126 Å². The minimum Gasteiger partial charge on any atom is -0.477 e. The van der Waals surface area contributed by atoms with E-state index in [1.54, 1.807) is 0 Å². The Morgan fingerprint density at radius 2 is 1.83 bits per heavy atom. The van der Waals surface area contributed by atoms with Crippen molar-refractivity contribution in [1.29, 1.82) is 0 Å². The first-order chi connectivity index (χ1) is 10.5. The molecule has 0 saturated carbocycles. The number of nitrogens with one attached hydrogen (secondary N) is 1. The maximum absolute atomic E-state index is 12.2. The molecule has 1 fully saturated rings. The van der Waals surface area contributed by atoms with Gasteiger partial charge in [-0.05, 0) is 6.07 Å². The number of hydrogen-bond donors (Lipinski definition) is 2. The van der Waals surface area contributed by atoms with Crippen molar-refractivity contribution in [2.45, 2.75) is 12.4 Å². The second-order valence-electron chi connectivity index (χ2n) is 4.52. The molecule has 0 aromatic carbocycles. The SMILES string of the molecule is FC(F)(F)c1ccc(OCC2CNC2)nc1.O=C(O)C(F)(F)F. The van der Waals surface area contributed by atoms with Crippen LogP contribution in [0.3, 0.4) is 0 Å². The van der Waals surface area contributed by atoms with Crippen LogP contribution in [0.1, 0.15) is 5.56 Å². The normalized spacial score (nSPS) is 15.2. The summed E-state index contributed by atoms with van der Waals surface area (Å²) < 4.78 is 73.6. The van der Waals surface area contributed by atoms with Crippen LogP contribution in [-0.4, -0.2) is 41.9 Å². The molecule has 1 aromatic rings. The van der Waals surface area contributed by atoms with Gasteiger partial charge in [-0.25, -0.2) is 9.78 Å². The third-order valence-corrected chi connectivity index (χ3v) is 2.64. The van der Waals surface area contributed by atoms with Crippen LogP contribution >= 0.6 is 0 Å². The zero-order chi connectivity index (χ0) is 17.7. The van der Waals surface area contributed by atoms with Gasteiger partial charge in [0.25, 0.3) is 0 Å². The maximum Gasteiger partial charge on any atom is 0.490 e. The van der Waals surface area contributed by atoms with Crippen molar-refractivity contribution in [2.75, 3.05) is 19.7 Å². The molecule has 0 amide bonds. The van der Waals surface area contributed by atoms with Gasteiger partial charge >= 0.3 is 18.3 Å². The van der Waals surface area contributed by atoms with Gasteiger partial charge in [-0.2, -0.15) is 26.3 Å². The number of aliphatic carboxylic acids is 1. The molecule has 0 bridgehead atoms. The second kappa shape index (κ2) is 7.49. The highest BCUT2D eigenvalue weighted by Gasteiger charge is 2.38. The third kappa shape index (κ3) is 6.72. The Hall–Kier alpha value is -2.04. The molecule has 0 spiro atoms. The summed E-state index contributed by atoms with van der Waals surface area (Å²) in [6.45, 7) is 2.27. The largest absolute Gasteiger partial charge is 0.490 e. The number of carboxylic acid groups (broad SMARTS) is 1. The molecule has 1 aliphatic heterocycles. The van der Waals surface area contributed by atoms with E-state index in [0.29, 0.717) is 12.5 Å². The predicted molar refractivity (Wildman–Crippen MR) is 64.8 cm³/mol. The summed E-state index contributed by atoms with van der Waals surface area (Å²) in [7, 11) is 0. The molecule has 2 N–H and O–H groups in total. The maximum atomic E-state index is 12.2. The highest BCUT2D eigenvalue weighted by Crippen LogP contribution is 2.29. The zero-order valence-corrected chi connectivity index (χ0v) is 11.4. The molecule has 0 atom stereocenters. The Morgan fingerprint density at radius 3 is 2.13 bits per heavy atom. The Bertz CT molecular complexity index is 511. The number of halogens is 6. The second-order valence-corrected chi connectivity index (χ2v) is 4.52. The molecule has 5 nitrogen and oxygen atoms in total. The standard InChI is InChI=1S/C10H11F3N2O.C2HF3O2/c11-10(12,13)8-1-2-9(15-5-8)16-6-7-3-14-4-7;3-2(4,5)1(6)7/h1-2,5,7,14H,3-4,6H2;(H,6,7). The van der Waals surface area contributed by atoms with Gasteiger partial charge in [-0.3, -0.25) is 0 Å². The molecule has 0 radical (unpaired) electrons. The lowest BCUT2D eigenvalue weighted by atomic mass is 10.1. The molecule has 23 heavy (non-hydrogen) atoms. The van der Waals surface area contributed by atoms with Crippen LogP contribution in [0.5, 0.6) is 5.88 Å². The first kappa shape index (κ1) is 19.0. The quantitative estimate of drug-likeness (QED) is 0.822. The lowest BCUT2D eigenvalue weighted by Gasteiger charge is -2.26. The fraction of sp³-hybridized carbons (Fsp3) is 0.500. The average molecular weight is 346 g/mol. The van der Waals surface area contributed by atoms with E-state index in [2.05, 4.69) is 10.3 Å². The van der Waals surface area contributed by atoms with E-state index < -0.39 is 23.9 Å². The van der Waals surface area contributed by atoms with Crippen LogP contribution in [0.25, 0.3) is 0 Å². The van der Waals surface area contributed by atoms with Crippen LogP contribution < -0.4 is 10.1 Å². The monoisotopic (exact) mass is 346 g/mol. The number of carboxylic acids is 1. The number of rotatable bonds is 3. The average Bonchev–Trinajstić information content (AvgIpc) is 2.36. The molecule has 1 aliphatic rings. The Kier molecular flexibility index (Phi) is 6.19. The molecular formula is C12H12F6N2O3. The van der Waals surface area contributed by atoms with Crippen molar-refractivity contribution in [3.8, 4) is 5.88 Å². The smallest absolute Gasteiger partial charge is 0.477 e. The first-order valence-electron chi connectivity index (χ1n) is 6.17. The Balaban J connectivity index is 0.000000322. The van der Waals surface area contributed by atoms with Gasteiger partial charge < -0.3 is 15.2 Å². The van der Waals surface area contributed by atoms with Crippen LogP contribution in [0, 0.1) is 5.92 Å². The fourth-order valence-electron chi connectivity index (χ4n) is 1.30. The number of ether oxygens (including phenoxy) is 1. The number of nitrogens with zero attached hydrogens (tertiary/aromatic N) is 1. The topological polar surface area (TPSA) is 71.5 Å². The highest BCUT2D eigenvalue weighted by atomic mass is 19.4. The van der Waals surface area contributed by atoms with E-state index in [9.17, 15) is 26.3 Å². The molecular weight excluding hydrogens is 334 g/mol. The van der Waals surface area contributed by atoms with Gasteiger partial charge in [-0.15, -0.1) is 0 Å². The molecule has 2 rings (SSSR count). The highest BCUT2D eigenvalue weighted by molar-refractivity contribution is 5.73. The molecule has 0 unspecified atom stereocenters. The lowest BCUT2D eigenvalue weighted by molar-refractivity contribution is -0.192. The first-order valence-corrected chi connectivity index (χ1v) is 6.17. The molecule has 1 saturated heterocycles. The summed E-state index contributed by atoms with van der Waals surface area (Å²) in [5.41, 5.74) is -0.759. The zero-order valence-electron chi connectivity index (χ0n) is 11.4. The molecule has 11 heteroatoms. The van der Waals surface area contributed by atoms with Crippen LogP contribution in [0.4, 0.5) is 26.3 Å². The number of aromatic nitrogens is 1. The summed E-state index contributed by atoms with van der Waals surface area (Å²) in [6.07, 6.45) is -8.64. The van der Waals surface area contributed by atoms with Crippen molar-refractivity contribution < 1.29 is 41.0 Å². The number of hydrogen-bond acceptors (Lipinski definition) is 4. The molecule has 2 heterocycles. The minimum absolute atomic E-state index is 0.236. The van der Waals surface area contributed by atoms with Crippen molar-refractivity contribution in [1.82, 2.24) is 10.3 Å². The van der Waals surface area contributed by atoms with Gasteiger partial charge in [0.2, 0.25) is 5.88 Å². The predicted octanol–water partition coefficient (Wildman–Crippen LogP) is 2.33. The van der Waals surface area contributed by atoms with Crippen LogP contribution in [-0.2, 0) is 11.0 Å². The third-order valence-electron chi connectivity index (χ3n) is 2.64. The van der Waals surface area contributed by atoms with Gasteiger partial charge in [-0.1, -0.05) is 0 Å². The molecule has 0 aliphatic carbocycles. The summed E-state index contributed by atoms with van der Waals surface area (Å²) in [5.74, 6) is -2.09. The fourth-order valence-corrected chi connectivity index (χ4v) is 1.30. The van der Waals surface area contributed by atoms with Gasteiger partial charge in [0.15, 0.2) is 0 Å². The summed E-state index contributed by atoms with van der Waals surface area (Å²) in [4.78, 5) is 12.5. The molecule has 130 valence electrons. The summed E-state index contributed by atoms with van der Waals surface area (Å²) in [5, 5.41) is 10.2. The van der Waals surface area contributed by atoms with Gasteiger partial charge in [0.1, 0.15) is 0 Å². The van der Waals surface area contributed by atoms with Gasteiger partial charge in [0.05, 0.1) is 12.2 Å². The van der Waals surface area contributed by atoms with Crippen molar-refractivity contribution in [3.63, 3.8) is 0 Å². The number of carbonyl (C=O) groups is 1. The van der Waals surface area contributed by atoms with Crippen LogP contribution in [0.15, 0.2) is 18.3 Å². The van der Waals surface area contributed by atoms with E-state index in [0.717, 1.165) is 25.4 Å².